The van der Waals surface area contributed by atoms with Gasteiger partial charge in [-0.15, -0.1) is 0 Å². The molecule has 0 aliphatic carbocycles. The molecule has 0 fully saturated rings. The summed E-state index contributed by atoms with van der Waals surface area (Å²) in [5, 5.41) is 3.32. The molecule has 0 amide bonds. The highest BCUT2D eigenvalue weighted by molar-refractivity contribution is 6.31. The number of hydrogen-bond donors (Lipinski definition) is 2. The van der Waals surface area contributed by atoms with Gasteiger partial charge >= 0.3 is 0 Å². The van der Waals surface area contributed by atoms with Crippen LogP contribution >= 0.6 is 11.6 Å². The predicted molar refractivity (Wildman–Crippen MR) is 62.7 cm³/mol. The fourth-order valence-electron chi connectivity index (χ4n) is 1.19. The Morgan fingerprint density at radius 3 is 2.87 bits per heavy atom. The topological polar surface area (TPSA) is 38.0 Å². The number of benzene rings is 1. The molecule has 1 aromatic rings. The summed E-state index contributed by atoms with van der Waals surface area (Å²) in [5.41, 5.74) is 6.34. The van der Waals surface area contributed by atoms with E-state index < -0.39 is 5.82 Å². The van der Waals surface area contributed by atoms with Gasteiger partial charge in [-0.1, -0.05) is 18.5 Å². The lowest BCUT2D eigenvalue weighted by Crippen LogP contribution is -2.14. The first kappa shape index (κ1) is 12.3. The van der Waals surface area contributed by atoms with E-state index in [1.165, 1.54) is 6.07 Å². The van der Waals surface area contributed by atoms with Gasteiger partial charge in [0.05, 0.1) is 5.02 Å². The molecule has 0 aliphatic heterocycles. The molecule has 2 nitrogen and oxygen atoms in total. The molecule has 1 unspecified atom stereocenters. The maximum Gasteiger partial charge on any atom is 0.141 e. The van der Waals surface area contributed by atoms with E-state index in [2.05, 4.69) is 12.2 Å². The molecule has 1 atom stereocenters. The molecular formula is C11H16ClFN2. The number of hydrogen-bond acceptors (Lipinski definition) is 2. The van der Waals surface area contributed by atoms with Gasteiger partial charge in [0.2, 0.25) is 0 Å². The Hall–Kier alpha value is -0.800. The highest BCUT2D eigenvalue weighted by Crippen LogP contribution is 2.19. The van der Waals surface area contributed by atoms with E-state index in [1.807, 2.05) is 0 Å². The minimum Gasteiger partial charge on any atom is -0.385 e. The van der Waals surface area contributed by atoms with Gasteiger partial charge in [0, 0.05) is 12.2 Å². The Kier molecular flexibility index (Phi) is 4.85. The zero-order valence-electron chi connectivity index (χ0n) is 8.76. The van der Waals surface area contributed by atoms with Gasteiger partial charge < -0.3 is 11.1 Å². The predicted octanol–water partition coefficient (Wildman–Crippen LogP) is 2.88. The molecule has 15 heavy (non-hydrogen) atoms. The second-order valence-electron chi connectivity index (χ2n) is 3.69. The summed E-state index contributed by atoms with van der Waals surface area (Å²) in [6.07, 6.45) is 0.992. The van der Waals surface area contributed by atoms with Gasteiger partial charge in [0.1, 0.15) is 5.82 Å². The van der Waals surface area contributed by atoms with Crippen LogP contribution in [0, 0.1) is 11.7 Å². The first-order chi connectivity index (χ1) is 7.13. The molecule has 4 heteroatoms. The van der Waals surface area contributed by atoms with Crippen LogP contribution in [0.3, 0.4) is 0 Å². The van der Waals surface area contributed by atoms with Gasteiger partial charge in [-0.3, -0.25) is 0 Å². The van der Waals surface area contributed by atoms with Gasteiger partial charge in [-0.25, -0.2) is 4.39 Å². The molecule has 0 radical (unpaired) electrons. The molecule has 84 valence electrons. The maximum absolute atomic E-state index is 12.8. The van der Waals surface area contributed by atoms with Crippen LogP contribution in [0.4, 0.5) is 10.1 Å². The fourth-order valence-corrected chi connectivity index (χ4v) is 1.37. The molecule has 3 N–H and O–H groups in total. The molecule has 0 saturated heterocycles. The molecule has 0 aromatic heterocycles. The van der Waals surface area contributed by atoms with Crippen molar-refractivity contribution >= 4 is 17.3 Å². The molecular weight excluding hydrogens is 215 g/mol. The van der Waals surface area contributed by atoms with Crippen molar-refractivity contribution in [2.45, 2.75) is 13.3 Å². The second kappa shape index (κ2) is 5.93. The number of halogens is 2. The summed E-state index contributed by atoms with van der Waals surface area (Å²) < 4.78 is 12.8. The lowest BCUT2D eigenvalue weighted by molar-refractivity contribution is 0.561. The van der Waals surface area contributed by atoms with Crippen LogP contribution in [-0.2, 0) is 0 Å². The van der Waals surface area contributed by atoms with E-state index in [1.54, 1.807) is 12.1 Å². The van der Waals surface area contributed by atoms with Crippen molar-refractivity contribution in [3.63, 3.8) is 0 Å². The average molecular weight is 231 g/mol. The van der Waals surface area contributed by atoms with E-state index in [0.717, 1.165) is 18.7 Å². The number of nitrogens with two attached hydrogens (primary N) is 1. The molecule has 0 saturated carbocycles. The fraction of sp³-hybridized carbons (Fsp3) is 0.455. The highest BCUT2D eigenvalue weighted by Gasteiger charge is 2.01. The summed E-state index contributed by atoms with van der Waals surface area (Å²) in [5.74, 6) is 0.103. The Morgan fingerprint density at radius 1 is 1.53 bits per heavy atom. The largest absolute Gasteiger partial charge is 0.385 e. The third kappa shape index (κ3) is 4.06. The number of rotatable bonds is 5. The zero-order valence-corrected chi connectivity index (χ0v) is 9.52. The van der Waals surface area contributed by atoms with Gasteiger partial charge in [0.15, 0.2) is 0 Å². The summed E-state index contributed by atoms with van der Waals surface area (Å²) in [6.45, 7) is 3.60. The van der Waals surface area contributed by atoms with E-state index in [-0.39, 0.29) is 5.02 Å². The van der Waals surface area contributed by atoms with Crippen LogP contribution in [0.2, 0.25) is 5.02 Å². The zero-order chi connectivity index (χ0) is 11.3. The molecule has 0 aliphatic rings. The summed E-state index contributed by atoms with van der Waals surface area (Å²) in [6, 6.07) is 4.62. The van der Waals surface area contributed by atoms with Crippen molar-refractivity contribution in [2.24, 2.45) is 11.7 Å². The minimum atomic E-state index is -0.391. The monoisotopic (exact) mass is 230 g/mol. The summed E-state index contributed by atoms with van der Waals surface area (Å²) in [4.78, 5) is 0. The normalized spacial score (nSPS) is 12.5. The lowest BCUT2D eigenvalue weighted by atomic mass is 10.1. The average Bonchev–Trinajstić information content (AvgIpc) is 2.23. The first-order valence-corrected chi connectivity index (χ1v) is 5.40. The number of nitrogens with one attached hydrogen (secondary N) is 1. The van der Waals surface area contributed by atoms with Crippen molar-refractivity contribution in [1.29, 1.82) is 0 Å². The van der Waals surface area contributed by atoms with E-state index in [4.69, 9.17) is 17.3 Å². The van der Waals surface area contributed by atoms with Crippen LogP contribution in [0.5, 0.6) is 0 Å². The van der Waals surface area contributed by atoms with Crippen molar-refractivity contribution < 1.29 is 4.39 Å². The third-order valence-electron chi connectivity index (χ3n) is 2.29. The van der Waals surface area contributed by atoms with Crippen molar-refractivity contribution in [2.75, 3.05) is 18.4 Å². The maximum atomic E-state index is 12.8. The molecule has 0 heterocycles. The first-order valence-electron chi connectivity index (χ1n) is 5.02. The van der Waals surface area contributed by atoms with Crippen LogP contribution in [0.1, 0.15) is 13.3 Å². The van der Waals surface area contributed by atoms with Gasteiger partial charge in [0.25, 0.3) is 0 Å². The van der Waals surface area contributed by atoms with E-state index >= 15 is 0 Å². The van der Waals surface area contributed by atoms with Crippen molar-refractivity contribution in [3.05, 3.63) is 29.0 Å². The van der Waals surface area contributed by atoms with Gasteiger partial charge in [-0.2, -0.15) is 0 Å². The van der Waals surface area contributed by atoms with Crippen molar-refractivity contribution in [3.8, 4) is 0 Å². The summed E-state index contributed by atoms with van der Waals surface area (Å²) in [7, 11) is 0. The molecule has 1 rings (SSSR count). The SMILES string of the molecule is CC(CN)CCNc1ccc(F)c(Cl)c1. The lowest BCUT2D eigenvalue weighted by Gasteiger charge is -2.10. The smallest absolute Gasteiger partial charge is 0.141 e. The van der Waals surface area contributed by atoms with Gasteiger partial charge in [-0.05, 0) is 37.1 Å². The van der Waals surface area contributed by atoms with Crippen LogP contribution in [0.25, 0.3) is 0 Å². The Bertz CT molecular complexity index is 317. The second-order valence-corrected chi connectivity index (χ2v) is 4.09. The van der Waals surface area contributed by atoms with E-state index in [0.29, 0.717) is 12.5 Å². The van der Waals surface area contributed by atoms with Crippen LogP contribution in [0.15, 0.2) is 18.2 Å². The highest BCUT2D eigenvalue weighted by atomic mass is 35.5. The molecule has 1 aromatic carbocycles. The standard InChI is InChI=1S/C11H16ClFN2/c1-8(7-14)4-5-15-9-2-3-11(13)10(12)6-9/h2-3,6,8,15H,4-5,7,14H2,1H3. The molecule has 0 bridgehead atoms. The van der Waals surface area contributed by atoms with E-state index in [9.17, 15) is 4.39 Å². The Labute approximate surface area is 94.6 Å². The minimum absolute atomic E-state index is 0.145. The van der Waals surface area contributed by atoms with Crippen molar-refractivity contribution in [1.82, 2.24) is 0 Å². The quantitative estimate of drug-likeness (QED) is 0.817. The molecule has 0 spiro atoms. The Balaban J connectivity index is 2.41. The third-order valence-corrected chi connectivity index (χ3v) is 2.58. The number of anilines is 1. The Morgan fingerprint density at radius 2 is 2.27 bits per heavy atom. The van der Waals surface area contributed by atoms with Crippen LogP contribution in [-0.4, -0.2) is 13.1 Å². The van der Waals surface area contributed by atoms with Crippen LogP contribution < -0.4 is 11.1 Å². The summed E-state index contributed by atoms with van der Waals surface area (Å²) >= 11 is 5.65.